The average molecular weight is 850 g/mol. The quantitative estimate of drug-likeness (QED) is 0.128. The van der Waals surface area contributed by atoms with Gasteiger partial charge in [0.05, 0.1) is 27.7 Å². The van der Waals surface area contributed by atoms with Crippen LogP contribution in [0.4, 0.5) is 0 Å². The van der Waals surface area contributed by atoms with Crippen LogP contribution >= 0.6 is 0 Å². The number of hydrogen-bond acceptors (Lipinski definition) is 3. The fourth-order valence-corrected chi connectivity index (χ4v) is 11.6. The molecular formula is C64H39N3. The van der Waals surface area contributed by atoms with Crippen LogP contribution in [0, 0.1) is 0 Å². The van der Waals surface area contributed by atoms with E-state index < -0.39 is 5.41 Å². The molecule has 13 aromatic rings. The monoisotopic (exact) mass is 849 g/mol. The molecule has 0 aliphatic heterocycles. The highest BCUT2D eigenvalue weighted by atomic mass is 14.7. The lowest BCUT2D eigenvalue weighted by Crippen LogP contribution is -2.28. The van der Waals surface area contributed by atoms with Crippen LogP contribution in [-0.2, 0) is 5.41 Å². The first kappa shape index (κ1) is 37.6. The van der Waals surface area contributed by atoms with Crippen molar-refractivity contribution in [2.24, 2.45) is 0 Å². The molecule has 0 atom stereocenters. The van der Waals surface area contributed by atoms with Crippen LogP contribution in [0.25, 0.3) is 110 Å². The van der Waals surface area contributed by atoms with Gasteiger partial charge in [-0.1, -0.05) is 194 Å². The van der Waals surface area contributed by atoms with Crippen molar-refractivity contribution >= 4 is 65.0 Å². The van der Waals surface area contributed by atoms with Crippen molar-refractivity contribution in [3.05, 3.63) is 259 Å². The van der Waals surface area contributed by atoms with Crippen LogP contribution in [0.1, 0.15) is 22.3 Å². The lowest BCUT2D eigenvalue weighted by atomic mass is 9.67. The van der Waals surface area contributed by atoms with Gasteiger partial charge in [0.15, 0.2) is 0 Å². The minimum absolute atomic E-state index is 0.494. The standard InChI is InChI=1S/C64H39N3/c1-3-17-43(18-4-1)64(44-19-5-2-6-20-44)56-27-13-11-21-45(56)54-38-55-53(39-57(54)64)46-22-12-14-28-58(46)67-61(55)42-31-29-40(30-32-42)59-47-23-7-9-25-49(47)60(50-26-10-8-24-48(50)59)51-35-37-66-63-52(51)34-33-41-16-15-36-65-62(41)63/h1-39H. The molecule has 0 radical (unpaired) electrons. The summed E-state index contributed by atoms with van der Waals surface area (Å²) in [4.78, 5) is 15.1. The van der Waals surface area contributed by atoms with Gasteiger partial charge in [-0.05, 0) is 113 Å². The van der Waals surface area contributed by atoms with E-state index in [9.17, 15) is 0 Å². The number of hydrogen-bond donors (Lipinski definition) is 0. The number of para-hydroxylation sites is 1. The Morgan fingerprint density at radius 2 is 0.910 bits per heavy atom. The lowest BCUT2D eigenvalue weighted by molar-refractivity contribution is 0.769. The maximum Gasteiger partial charge on any atom is 0.0970 e. The predicted octanol–water partition coefficient (Wildman–Crippen LogP) is 16.2. The van der Waals surface area contributed by atoms with Crippen molar-refractivity contribution in [3.63, 3.8) is 0 Å². The van der Waals surface area contributed by atoms with Crippen LogP contribution in [0.3, 0.4) is 0 Å². The second-order valence-electron chi connectivity index (χ2n) is 17.8. The van der Waals surface area contributed by atoms with E-state index in [1.165, 1.54) is 71.4 Å². The number of fused-ring (bicyclic) bond motifs is 11. The molecule has 0 saturated heterocycles. The SMILES string of the molecule is c1ccc(C2(c3ccccc3)c3ccccc3-c3cc4c(-c5ccc(-c6c7ccccc7c(-c7ccnc8c7ccc7cccnc78)c7ccccc67)cc5)nc5ccccc5c4cc32)cc1. The minimum atomic E-state index is -0.494. The second kappa shape index (κ2) is 14.6. The molecule has 0 N–H and O–H groups in total. The van der Waals surface area contributed by atoms with Crippen molar-refractivity contribution in [1.82, 2.24) is 15.0 Å². The van der Waals surface area contributed by atoms with Gasteiger partial charge in [-0.2, -0.15) is 0 Å². The molecule has 0 bridgehead atoms. The molecule has 1 aliphatic carbocycles. The molecule has 1 aliphatic rings. The summed E-state index contributed by atoms with van der Waals surface area (Å²) in [6.45, 7) is 0. The Morgan fingerprint density at radius 3 is 1.63 bits per heavy atom. The van der Waals surface area contributed by atoms with Crippen LogP contribution in [0.15, 0.2) is 237 Å². The molecule has 10 aromatic carbocycles. The van der Waals surface area contributed by atoms with E-state index in [1.807, 2.05) is 18.5 Å². The number of rotatable bonds is 5. The molecule has 0 fully saturated rings. The third kappa shape index (κ3) is 5.43. The molecule has 310 valence electrons. The Bertz CT molecular complexity index is 4040. The maximum atomic E-state index is 5.49. The van der Waals surface area contributed by atoms with Gasteiger partial charge in [0.25, 0.3) is 0 Å². The maximum absolute atomic E-state index is 5.49. The zero-order chi connectivity index (χ0) is 44.1. The van der Waals surface area contributed by atoms with E-state index >= 15 is 0 Å². The fourth-order valence-electron chi connectivity index (χ4n) is 11.6. The predicted molar refractivity (Wildman–Crippen MR) is 278 cm³/mol. The summed E-state index contributed by atoms with van der Waals surface area (Å²) < 4.78 is 0. The largest absolute Gasteiger partial charge is 0.254 e. The van der Waals surface area contributed by atoms with E-state index in [0.717, 1.165) is 60.5 Å². The number of aromatic nitrogens is 3. The first-order chi connectivity index (χ1) is 33.3. The number of nitrogens with zero attached hydrogens (tertiary/aromatic N) is 3. The smallest absolute Gasteiger partial charge is 0.0970 e. The molecule has 67 heavy (non-hydrogen) atoms. The molecule has 0 saturated carbocycles. The Labute approximate surface area is 387 Å². The first-order valence-corrected chi connectivity index (χ1v) is 23.0. The van der Waals surface area contributed by atoms with Gasteiger partial charge in [-0.25, -0.2) is 4.98 Å². The number of benzene rings is 10. The van der Waals surface area contributed by atoms with Gasteiger partial charge < -0.3 is 0 Å². The van der Waals surface area contributed by atoms with Crippen molar-refractivity contribution in [2.75, 3.05) is 0 Å². The summed E-state index contributed by atoms with van der Waals surface area (Å²) in [5.41, 5.74) is 16.7. The van der Waals surface area contributed by atoms with Gasteiger partial charge >= 0.3 is 0 Å². The summed E-state index contributed by atoms with van der Waals surface area (Å²) >= 11 is 0. The summed E-state index contributed by atoms with van der Waals surface area (Å²) in [6.07, 6.45) is 3.79. The summed E-state index contributed by atoms with van der Waals surface area (Å²) in [7, 11) is 0. The van der Waals surface area contributed by atoms with E-state index in [1.54, 1.807) is 0 Å². The van der Waals surface area contributed by atoms with Gasteiger partial charge in [-0.3, -0.25) is 9.97 Å². The van der Waals surface area contributed by atoms with Crippen molar-refractivity contribution in [3.8, 4) is 44.6 Å². The van der Waals surface area contributed by atoms with Crippen molar-refractivity contribution in [2.45, 2.75) is 5.41 Å². The topological polar surface area (TPSA) is 38.7 Å². The van der Waals surface area contributed by atoms with Gasteiger partial charge in [-0.15, -0.1) is 0 Å². The molecular weight excluding hydrogens is 811 g/mol. The van der Waals surface area contributed by atoms with Crippen LogP contribution in [-0.4, -0.2) is 15.0 Å². The normalized spacial score (nSPS) is 12.9. The van der Waals surface area contributed by atoms with Crippen molar-refractivity contribution in [1.29, 1.82) is 0 Å². The highest BCUT2D eigenvalue weighted by Gasteiger charge is 2.46. The van der Waals surface area contributed by atoms with E-state index in [2.05, 4.69) is 218 Å². The van der Waals surface area contributed by atoms with Crippen LogP contribution in [0.5, 0.6) is 0 Å². The van der Waals surface area contributed by atoms with Gasteiger partial charge in [0.1, 0.15) is 0 Å². The van der Waals surface area contributed by atoms with Crippen molar-refractivity contribution < 1.29 is 0 Å². The summed E-state index contributed by atoms with van der Waals surface area (Å²) in [6, 6.07) is 82.1. The molecule has 3 heteroatoms. The molecule has 0 spiro atoms. The molecule has 3 heterocycles. The fraction of sp³-hybridized carbons (Fsp3) is 0.0156. The molecule has 3 nitrogen and oxygen atoms in total. The van der Waals surface area contributed by atoms with Crippen LogP contribution in [0.2, 0.25) is 0 Å². The van der Waals surface area contributed by atoms with Gasteiger partial charge in [0.2, 0.25) is 0 Å². The second-order valence-corrected chi connectivity index (χ2v) is 17.8. The van der Waals surface area contributed by atoms with E-state index in [0.29, 0.717) is 0 Å². The zero-order valence-corrected chi connectivity index (χ0v) is 36.4. The first-order valence-electron chi connectivity index (χ1n) is 23.0. The Morgan fingerprint density at radius 1 is 0.313 bits per heavy atom. The Balaban J connectivity index is 0.979. The Hall–Kier alpha value is -8.79. The Kier molecular flexibility index (Phi) is 8.20. The van der Waals surface area contributed by atoms with Crippen LogP contribution < -0.4 is 0 Å². The average Bonchev–Trinajstić information content (AvgIpc) is 3.69. The summed E-state index contributed by atoms with van der Waals surface area (Å²) in [5, 5.41) is 10.5. The highest BCUT2D eigenvalue weighted by molar-refractivity contribution is 6.24. The summed E-state index contributed by atoms with van der Waals surface area (Å²) in [5.74, 6) is 0. The van der Waals surface area contributed by atoms with E-state index in [4.69, 9.17) is 15.0 Å². The molecule has 14 rings (SSSR count). The zero-order valence-electron chi connectivity index (χ0n) is 36.4. The molecule has 3 aromatic heterocycles. The highest BCUT2D eigenvalue weighted by Crippen LogP contribution is 2.57. The third-order valence-electron chi connectivity index (χ3n) is 14.4. The van der Waals surface area contributed by atoms with Gasteiger partial charge in [0, 0.05) is 39.5 Å². The third-order valence-corrected chi connectivity index (χ3v) is 14.4. The van der Waals surface area contributed by atoms with E-state index in [-0.39, 0.29) is 0 Å². The number of pyridine rings is 3. The minimum Gasteiger partial charge on any atom is -0.254 e. The molecule has 0 unspecified atom stereocenters. The lowest BCUT2D eigenvalue weighted by Gasteiger charge is -2.34. The molecule has 0 amide bonds.